The number of hydrogen-bond acceptors (Lipinski definition) is 5. The van der Waals surface area contributed by atoms with Gasteiger partial charge in [0.15, 0.2) is 15.2 Å². The number of anilines is 1. The Bertz CT molecular complexity index is 776. The summed E-state index contributed by atoms with van der Waals surface area (Å²) >= 11 is 2.21. The Morgan fingerprint density at radius 3 is 2.85 bits per heavy atom. The Balaban J connectivity index is 2.18. The molecule has 3 rings (SSSR count). The topological polar surface area (TPSA) is 55.6 Å². The van der Waals surface area contributed by atoms with Gasteiger partial charge in [-0.3, -0.25) is 4.68 Å². The summed E-state index contributed by atoms with van der Waals surface area (Å²) in [5.41, 5.74) is 3.21. The first-order chi connectivity index (χ1) is 9.63. The fourth-order valence-electron chi connectivity index (χ4n) is 2.33. The van der Waals surface area contributed by atoms with Crippen LogP contribution in [0, 0.1) is 13.8 Å². The SMILES string of the molecule is [CH3][Al][CH2]CNc1c2sc3nnc(C)c(C)c3c2nn1C. The molecule has 3 heterocycles. The number of aryl methyl sites for hydroxylation is 3. The third kappa shape index (κ3) is 2.10. The van der Waals surface area contributed by atoms with Gasteiger partial charge in [-0.05, 0) is 19.4 Å². The van der Waals surface area contributed by atoms with Crippen LogP contribution in [0.5, 0.6) is 0 Å². The number of hydrogen-bond donors (Lipinski definition) is 1. The van der Waals surface area contributed by atoms with E-state index in [0.717, 1.165) is 33.8 Å². The smallest absolute Gasteiger partial charge is 0.198 e. The monoisotopic (exact) mass is 302 g/mol. The first-order valence-corrected chi connectivity index (χ1v) is 9.53. The highest BCUT2D eigenvalue weighted by molar-refractivity contribution is 7.26. The molecular weight excluding hydrogens is 285 g/mol. The maximum Gasteiger partial charge on any atom is 0.198 e. The zero-order valence-electron chi connectivity index (χ0n) is 12.2. The number of thiophene rings is 1. The van der Waals surface area contributed by atoms with Crippen molar-refractivity contribution in [2.45, 2.75) is 24.9 Å². The molecule has 0 bridgehead atoms. The van der Waals surface area contributed by atoms with E-state index in [1.807, 2.05) is 18.7 Å². The minimum atomic E-state index is 0.536. The molecule has 3 aromatic rings. The first kappa shape index (κ1) is 13.8. The zero-order chi connectivity index (χ0) is 14.3. The standard InChI is InChI=1S/C12H14N5S.CH3.Al/c1-5-13-11-10-9(16-17(11)4)8-6(2)7(3)14-15-12(8)18-10;;/h13H,1,5H2,2-4H3;1H3;. The minimum absolute atomic E-state index is 0.536. The van der Waals surface area contributed by atoms with Gasteiger partial charge in [0.05, 0.1) is 10.4 Å². The molecule has 5 nitrogen and oxygen atoms in total. The van der Waals surface area contributed by atoms with E-state index in [1.54, 1.807) is 11.3 Å². The Morgan fingerprint density at radius 2 is 2.10 bits per heavy atom. The number of nitrogens with one attached hydrogen (secondary N) is 1. The fourth-order valence-corrected chi connectivity index (χ4v) is 3.93. The second-order valence-electron chi connectivity index (χ2n) is 4.97. The van der Waals surface area contributed by atoms with Crippen molar-refractivity contribution in [3.8, 4) is 0 Å². The van der Waals surface area contributed by atoms with Crippen molar-refractivity contribution in [1.29, 1.82) is 0 Å². The molecule has 0 aliphatic carbocycles. The summed E-state index contributed by atoms with van der Waals surface area (Å²) in [7, 11) is 2.00. The van der Waals surface area contributed by atoms with Gasteiger partial charge in [-0.25, -0.2) is 0 Å². The Labute approximate surface area is 128 Å². The Hall–Kier alpha value is -1.16. The maximum absolute atomic E-state index is 4.69. The van der Waals surface area contributed by atoms with Crippen LogP contribution >= 0.6 is 11.3 Å². The molecule has 3 aromatic heterocycles. The van der Waals surface area contributed by atoms with E-state index in [9.17, 15) is 0 Å². The Morgan fingerprint density at radius 1 is 1.30 bits per heavy atom. The van der Waals surface area contributed by atoms with Crippen LogP contribution < -0.4 is 5.32 Å². The average Bonchev–Trinajstić information content (AvgIpc) is 2.91. The lowest BCUT2D eigenvalue weighted by Crippen LogP contribution is -2.07. The van der Waals surface area contributed by atoms with E-state index in [0.29, 0.717) is 15.2 Å². The Kier molecular flexibility index (Phi) is 3.67. The van der Waals surface area contributed by atoms with Crippen LogP contribution in [-0.4, -0.2) is 41.7 Å². The van der Waals surface area contributed by atoms with Crippen molar-refractivity contribution in [3.05, 3.63) is 11.3 Å². The largest absolute Gasteiger partial charge is 0.370 e. The molecule has 0 aromatic carbocycles. The number of nitrogens with zero attached hydrogens (tertiary/aromatic N) is 4. The van der Waals surface area contributed by atoms with Gasteiger partial charge in [0.25, 0.3) is 0 Å². The lowest BCUT2D eigenvalue weighted by molar-refractivity contribution is 0.783. The highest BCUT2D eigenvalue weighted by atomic mass is 32.1. The second kappa shape index (κ2) is 5.32. The molecule has 20 heavy (non-hydrogen) atoms. The van der Waals surface area contributed by atoms with Crippen molar-refractivity contribution >= 4 is 52.8 Å². The van der Waals surface area contributed by atoms with Gasteiger partial charge in [-0.15, -0.1) is 22.2 Å². The first-order valence-electron chi connectivity index (χ1n) is 6.74. The number of fused-ring (bicyclic) bond motifs is 3. The predicted octanol–water partition coefficient (Wildman–Crippen LogP) is 2.78. The third-order valence-electron chi connectivity index (χ3n) is 3.59. The molecule has 7 heteroatoms. The molecule has 0 aliphatic rings. The quantitative estimate of drug-likeness (QED) is 0.595. The molecule has 0 unspecified atom stereocenters. The van der Waals surface area contributed by atoms with Gasteiger partial charge in [-0.1, -0.05) is 5.28 Å². The van der Waals surface area contributed by atoms with Gasteiger partial charge in [0, 0.05) is 19.0 Å². The molecule has 0 aliphatic heterocycles. The summed E-state index contributed by atoms with van der Waals surface area (Å²) < 4.78 is 3.14. The van der Waals surface area contributed by atoms with Gasteiger partial charge >= 0.3 is 0 Å². The molecule has 1 N–H and O–H groups in total. The lowest BCUT2D eigenvalue weighted by Gasteiger charge is -2.04. The molecular formula is C13H17AlN5S. The average molecular weight is 302 g/mol. The van der Waals surface area contributed by atoms with Crippen LogP contribution in [0.4, 0.5) is 5.82 Å². The molecule has 0 amide bonds. The highest BCUT2D eigenvalue weighted by Crippen LogP contribution is 2.38. The predicted molar refractivity (Wildman–Crippen MR) is 86.1 cm³/mol. The number of rotatable bonds is 4. The summed E-state index contributed by atoms with van der Waals surface area (Å²) in [6, 6.07) is 0. The highest BCUT2D eigenvalue weighted by Gasteiger charge is 2.18. The van der Waals surface area contributed by atoms with Crippen molar-refractivity contribution in [1.82, 2.24) is 20.0 Å². The molecule has 0 spiro atoms. The lowest BCUT2D eigenvalue weighted by atomic mass is 10.1. The van der Waals surface area contributed by atoms with E-state index in [2.05, 4.69) is 33.3 Å². The summed E-state index contributed by atoms with van der Waals surface area (Å²) in [5.74, 6) is 3.38. The van der Waals surface area contributed by atoms with E-state index in [-0.39, 0.29) is 0 Å². The van der Waals surface area contributed by atoms with Crippen molar-refractivity contribution in [2.75, 3.05) is 11.9 Å². The fraction of sp³-hybridized carbons (Fsp3) is 0.462. The zero-order valence-corrected chi connectivity index (χ0v) is 14.2. The van der Waals surface area contributed by atoms with E-state index in [4.69, 9.17) is 0 Å². The number of aromatic nitrogens is 4. The second-order valence-corrected chi connectivity index (χ2v) is 7.36. The van der Waals surface area contributed by atoms with Crippen molar-refractivity contribution < 1.29 is 0 Å². The molecule has 0 atom stereocenters. The van der Waals surface area contributed by atoms with Gasteiger partial charge in [0.1, 0.15) is 16.2 Å². The van der Waals surface area contributed by atoms with Crippen LogP contribution in [-0.2, 0) is 7.05 Å². The summed E-state index contributed by atoms with van der Waals surface area (Å²) in [5, 5.41) is 19.1. The van der Waals surface area contributed by atoms with Crippen LogP contribution in [0.15, 0.2) is 0 Å². The molecule has 0 saturated carbocycles. The third-order valence-corrected chi connectivity index (χ3v) is 5.52. The van der Waals surface area contributed by atoms with Gasteiger partial charge < -0.3 is 5.32 Å². The van der Waals surface area contributed by atoms with E-state index < -0.39 is 0 Å². The maximum atomic E-state index is 4.69. The van der Waals surface area contributed by atoms with Crippen LogP contribution in [0.1, 0.15) is 11.3 Å². The molecule has 103 valence electrons. The van der Waals surface area contributed by atoms with E-state index >= 15 is 0 Å². The molecule has 1 radical (unpaired) electrons. The van der Waals surface area contributed by atoms with Crippen molar-refractivity contribution in [2.24, 2.45) is 7.05 Å². The normalized spacial score (nSPS) is 11.4. The van der Waals surface area contributed by atoms with Crippen LogP contribution in [0.3, 0.4) is 0 Å². The summed E-state index contributed by atoms with van der Waals surface area (Å²) in [6.07, 6.45) is 0. The summed E-state index contributed by atoms with van der Waals surface area (Å²) in [4.78, 5) is 0.982. The van der Waals surface area contributed by atoms with E-state index in [1.165, 1.54) is 15.5 Å². The van der Waals surface area contributed by atoms with Gasteiger partial charge in [0.2, 0.25) is 0 Å². The van der Waals surface area contributed by atoms with Gasteiger partial charge in [-0.2, -0.15) is 10.2 Å². The summed E-state index contributed by atoms with van der Waals surface area (Å²) in [6.45, 7) is 5.11. The molecule has 0 fully saturated rings. The van der Waals surface area contributed by atoms with Crippen molar-refractivity contribution in [3.63, 3.8) is 0 Å². The molecule has 0 saturated heterocycles. The van der Waals surface area contributed by atoms with Crippen LogP contribution in [0.25, 0.3) is 20.4 Å². The van der Waals surface area contributed by atoms with Crippen LogP contribution in [0.2, 0.25) is 11.1 Å². The minimum Gasteiger partial charge on any atom is -0.370 e.